The van der Waals surface area contributed by atoms with Crippen molar-refractivity contribution in [3.63, 3.8) is 0 Å². The molecule has 1 aliphatic heterocycles. The molecule has 0 radical (unpaired) electrons. The van der Waals surface area contributed by atoms with E-state index in [4.69, 9.17) is 9.47 Å². The van der Waals surface area contributed by atoms with Gasteiger partial charge in [-0.25, -0.2) is 13.2 Å². The molecular weight excluding hydrogens is 503 g/mol. The van der Waals surface area contributed by atoms with Gasteiger partial charge in [0.05, 0.1) is 0 Å². The molecule has 0 amide bonds. The third-order valence-corrected chi connectivity index (χ3v) is 6.42. The van der Waals surface area contributed by atoms with E-state index in [1.54, 1.807) is 48.5 Å². The monoisotopic (exact) mass is 529 g/mol. The average molecular weight is 530 g/mol. The number of piperidine rings is 1. The van der Waals surface area contributed by atoms with Crippen LogP contribution in [0.1, 0.15) is 19.3 Å². The van der Waals surface area contributed by atoms with E-state index in [1.165, 1.54) is 25.3 Å². The smallest absolute Gasteiger partial charge is 0.194 e. The number of fused-ring (bicyclic) bond motifs is 1. The summed E-state index contributed by atoms with van der Waals surface area (Å²) in [5, 5.41) is 11.2. The number of phenolic OH excluding ortho intramolecular Hbond substituents is 1. The van der Waals surface area contributed by atoms with Crippen LogP contribution in [0.15, 0.2) is 66.7 Å². The molecule has 194 valence electrons. The predicted molar refractivity (Wildman–Crippen MR) is 140 cm³/mol. The molecule has 4 nitrogen and oxygen atoms in total. The predicted octanol–water partition coefficient (Wildman–Crippen LogP) is 7.71. The van der Waals surface area contributed by atoms with E-state index >= 15 is 0 Å². The zero-order chi connectivity index (χ0) is 25.1. The van der Waals surface area contributed by atoms with Crippen LogP contribution in [0.25, 0.3) is 21.9 Å². The summed E-state index contributed by atoms with van der Waals surface area (Å²) in [5.41, 5.74) is 0.516. The first kappa shape index (κ1) is 26.6. The second kappa shape index (κ2) is 11.8. The number of ether oxygens (including phenoxy) is 2. The van der Waals surface area contributed by atoms with Crippen LogP contribution >= 0.6 is 12.4 Å². The molecule has 0 aromatic heterocycles. The van der Waals surface area contributed by atoms with Crippen molar-refractivity contribution in [3.05, 3.63) is 84.2 Å². The van der Waals surface area contributed by atoms with Crippen molar-refractivity contribution in [2.24, 2.45) is 0 Å². The van der Waals surface area contributed by atoms with Crippen LogP contribution in [-0.2, 0) is 0 Å². The molecule has 0 atom stereocenters. The van der Waals surface area contributed by atoms with Gasteiger partial charge < -0.3 is 14.6 Å². The summed E-state index contributed by atoms with van der Waals surface area (Å²) < 4.78 is 53.7. The van der Waals surface area contributed by atoms with Gasteiger partial charge >= 0.3 is 0 Å². The Morgan fingerprint density at radius 2 is 1.46 bits per heavy atom. The quantitative estimate of drug-likeness (QED) is 0.249. The molecule has 4 aromatic rings. The van der Waals surface area contributed by atoms with Crippen LogP contribution in [-0.4, -0.2) is 36.2 Å². The van der Waals surface area contributed by atoms with E-state index in [9.17, 15) is 18.3 Å². The SMILES string of the molecule is Cl.Oc1ccc2c(Oc3ccc(OCCN4CCCCC4)cc3)c(-c3cc(F)c(F)c(F)c3)ccc2c1. The number of hydrogen-bond donors (Lipinski definition) is 1. The molecule has 1 N–H and O–H groups in total. The Morgan fingerprint density at radius 3 is 2.16 bits per heavy atom. The fraction of sp³-hybridized carbons (Fsp3) is 0.241. The molecule has 0 bridgehead atoms. The maximum Gasteiger partial charge on any atom is 0.194 e. The van der Waals surface area contributed by atoms with E-state index < -0.39 is 17.5 Å². The summed E-state index contributed by atoms with van der Waals surface area (Å²) >= 11 is 0. The number of hydrogen-bond acceptors (Lipinski definition) is 4. The van der Waals surface area contributed by atoms with Crippen molar-refractivity contribution in [3.8, 4) is 34.1 Å². The van der Waals surface area contributed by atoms with Crippen LogP contribution in [0, 0.1) is 17.5 Å². The first-order chi connectivity index (χ1) is 17.5. The Hall–Kier alpha value is -3.42. The van der Waals surface area contributed by atoms with Crippen LogP contribution in [0.2, 0.25) is 0 Å². The highest BCUT2D eigenvalue weighted by Crippen LogP contribution is 2.41. The van der Waals surface area contributed by atoms with Gasteiger partial charge in [0.2, 0.25) is 0 Å². The highest BCUT2D eigenvalue weighted by Gasteiger charge is 2.17. The second-order valence-electron chi connectivity index (χ2n) is 8.93. The van der Waals surface area contributed by atoms with Gasteiger partial charge in [0.25, 0.3) is 0 Å². The Balaban J connectivity index is 0.00000320. The van der Waals surface area contributed by atoms with Gasteiger partial charge in [0.15, 0.2) is 17.5 Å². The summed E-state index contributed by atoms with van der Waals surface area (Å²) in [6.07, 6.45) is 3.77. The zero-order valence-corrected chi connectivity index (χ0v) is 20.9. The lowest BCUT2D eigenvalue weighted by Crippen LogP contribution is -2.33. The summed E-state index contributed by atoms with van der Waals surface area (Å²) in [6.45, 7) is 3.71. The molecule has 0 saturated carbocycles. The average Bonchev–Trinajstić information content (AvgIpc) is 2.88. The molecule has 37 heavy (non-hydrogen) atoms. The van der Waals surface area contributed by atoms with Crippen molar-refractivity contribution in [2.75, 3.05) is 26.2 Å². The number of phenols is 1. The number of halogens is 4. The van der Waals surface area contributed by atoms with Gasteiger partial charge in [-0.3, -0.25) is 4.90 Å². The van der Waals surface area contributed by atoms with Crippen molar-refractivity contribution >= 4 is 23.2 Å². The van der Waals surface area contributed by atoms with E-state index in [2.05, 4.69) is 4.90 Å². The lowest BCUT2D eigenvalue weighted by Gasteiger charge is -2.26. The van der Waals surface area contributed by atoms with E-state index in [-0.39, 0.29) is 23.7 Å². The highest BCUT2D eigenvalue weighted by atomic mass is 35.5. The van der Waals surface area contributed by atoms with Gasteiger partial charge in [-0.05, 0) is 97.5 Å². The first-order valence-electron chi connectivity index (χ1n) is 12.0. The lowest BCUT2D eigenvalue weighted by atomic mass is 9.99. The van der Waals surface area contributed by atoms with E-state index in [0.717, 1.165) is 31.8 Å². The van der Waals surface area contributed by atoms with Gasteiger partial charge in [-0.15, -0.1) is 12.4 Å². The first-order valence-corrected chi connectivity index (χ1v) is 12.0. The molecule has 8 heteroatoms. The lowest BCUT2D eigenvalue weighted by molar-refractivity contribution is 0.183. The van der Waals surface area contributed by atoms with Crippen molar-refractivity contribution in [2.45, 2.75) is 19.3 Å². The molecule has 1 fully saturated rings. The minimum Gasteiger partial charge on any atom is -0.508 e. The fourth-order valence-corrected chi connectivity index (χ4v) is 4.53. The molecule has 4 aromatic carbocycles. The Bertz CT molecular complexity index is 1350. The largest absolute Gasteiger partial charge is 0.508 e. The normalized spacial score (nSPS) is 13.8. The summed E-state index contributed by atoms with van der Waals surface area (Å²) in [4.78, 5) is 2.40. The molecule has 1 saturated heterocycles. The zero-order valence-electron chi connectivity index (χ0n) is 20.1. The van der Waals surface area contributed by atoms with Gasteiger partial charge in [0.1, 0.15) is 29.6 Å². The van der Waals surface area contributed by atoms with Crippen molar-refractivity contribution in [1.82, 2.24) is 4.90 Å². The summed E-state index contributed by atoms with van der Waals surface area (Å²) in [7, 11) is 0. The topological polar surface area (TPSA) is 41.9 Å². The second-order valence-corrected chi connectivity index (χ2v) is 8.93. The van der Waals surface area contributed by atoms with Crippen LogP contribution in [0.5, 0.6) is 23.0 Å². The molecule has 5 rings (SSSR count). The molecule has 0 unspecified atom stereocenters. The van der Waals surface area contributed by atoms with Crippen molar-refractivity contribution < 1.29 is 27.8 Å². The van der Waals surface area contributed by atoms with E-state index in [0.29, 0.717) is 40.2 Å². The highest BCUT2D eigenvalue weighted by molar-refractivity contribution is 5.96. The minimum absolute atomic E-state index is 0. The summed E-state index contributed by atoms with van der Waals surface area (Å²) in [6, 6.07) is 17.1. The Morgan fingerprint density at radius 1 is 0.784 bits per heavy atom. The van der Waals surface area contributed by atoms with Gasteiger partial charge in [-0.1, -0.05) is 12.5 Å². The maximum absolute atomic E-state index is 14.0. The molecular formula is C29H27ClF3NO3. The third-order valence-electron chi connectivity index (χ3n) is 6.42. The summed E-state index contributed by atoms with van der Waals surface area (Å²) in [5.74, 6) is -2.49. The van der Waals surface area contributed by atoms with E-state index in [1.807, 2.05) is 0 Å². The number of nitrogens with zero attached hydrogens (tertiary/aromatic N) is 1. The number of aromatic hydroxyl groups is 1. The molecule has 0 spiro atoms. The fourth-order valence-electron chi connectivity index (χ4n) is 4.53. The maximum atomic E-state index is 14.0. The molecule has 1 aliphatic rings. The van der Waals surface area contributed by atoms with Gasteiger partial charge in [0, 0.05) is 17.5 Å². The Kier molecular flexibility index (Phi) is 8.46. The minimum atomic E-state index is -1.53. The van der Waals surface area contributed by atoms with Crippen LogP contribution in [0.3, 0.4) is 0 Å². The van der Waals surface area contributed by atoms with Crippen LogP contribution < -0.4 is 9.47 Å². The third kappa shape index (κ3) is 6.12. The van der Waals surface area contributed by atoms with Gasteiger partial charge in [-0.2, -0.15) is 0 Å². The number of rotatable bonds is 7. The number of likely N-dealkylation sites (tertiary alicyclic amines) is 1. The van der Waals surface area contributed by atoms with Crippen molar-refractivity contribution in [1.29, 1.82) is 0 Å². The number of benzene rings is 4. The molecule has 0 aliphatic carbocycles. The standard InChI is InChI=1S/C29H26F3NO3.ClH/c30-26-17-20(18-27(31)28(26)32)25-10-4-19-16-21(34)5-11-24(19)29(25)36-23-8-6-22(7-9-23)35-15-14-33-12-2-1-3-13-33;/h4-11,16-18,34H,1-3,12-15H2;1H. The Labute approximate surface area is 219 Å². The van der Waals surface area contributed by atoms with Crippen LogP contribution in [0.4, 0.5) is 13.2 Å². The molecule has 1 heterocycles.